The van der Waals surface area contributed by atoms with Crippen LogP contribution in [-0.2, 0) is 6.42 Å². The minimum atomic E-state index is 0.924. The van der Waals surface area contributed by atoms with E-state index >= 15 is 0 Å². The smallest absolute Gasteiger partial charge is 0.107 e. The van der Waals surface area contributed by atoms with E-state index in [4.69, 9.17) is 4.42 Å². The molecule has 1 heteroatoms. The molecule has 1 aliphatic carbocycles. The topological polar surface area (TPSA) is 13.1 Å². The van der Waals surface area contributed by atoms with Gasteiger partial charge in [0.2, 0.25) is 0 Å². The van der Waals surface area contributed by atoms with Gasteiger partial charge in [-0.05, 0) is 38.3 Å². The van der Waals surface area contributed by atoms with E-state index in [1.165, 1.54) is 24.8 Å². The third kappa shape index (κ3) is 2.38. The van der Waals surface area contributed by atoms with Gasteiger partial charge in [0.1, 0.15) is 11.5 Å². The number of aryl methyl sites for hydroxylation is 1. The molecule has 1 aromatic rings. The maximum absolute atomic E-state index is 5.51. The third-order valence-electron chi connectivity index (χ3n) is 2.53. The van der Waals surface area contributed by atoms with Crippen LogP contribution in [0, 0.1) is 6.92 Å². The molecule has 1 nitrogen and oxygen atoms in total. The molecule has 0 fully saturated rings. The van der Waals surface area contributed by atoms with Crippen LogP contribution in [0.4, 0.5) is 0 Å². The van der Waals surface area contributed by atoms with E-state index in [2.05, 4.69) is 24.3 Å². The zero-order chi connectivity index (χ0) is 9.80. The van der Waals surface area contributed by atoms with Gasteiger partial charge in [-0.25, -0.2) is 0 Å². The van der Waals surface area contributed by atoms with Gasteiger partial charge in [-0.15, -0.1) is 0 Å². The monoisotopic (exact) mass is 188 g/mol. The van der Waals surface area contributed by atoms with Crippen molar-refractivity contribution in [1.29, 1.82) is 0 Å². The number of furan rings is 1. The number of hydrogen-bond donors (Lipinski definition) is 0. The Kier molecular flexibility index (Phi) is 2.87. The molecule has 0 aliphatic heterocycles. The Hall–Kier alpha value is -1.24. The summed E-state index contributed by atoms with van der Waals surface area (Å²) in [6.07, 6.45) is 11.4. The van der Waals surface area contributed by atoms with Crippen LogP contribution in [0.15, 0.2) is 40.4 Å². The van der Waals surface area contributed by atoms with Crippen LogP contribution in [0.3, 0.4) is 0 Å². The Morgan fingerprint density at radius 2 is 2.36 bits per heavy atom. The van der Waals surface area contributed by atoms with Crippen molar-refractivity contribution in [2.45, 2.75) is 32.6 Å². The Morgan fingerprint density at radius 3 is 3.00 bits per heavy atom. The normalized spacial score (nSPS) is 19.1. The first-order valence-corrected chi connectivity index (χ1v) is 5.25. The van der Waals surface area contributed by atoms with Crippen molar-refractivity contribution in [2.24, 2.45) is 0 Å². The van der Waals surface area contributed by atoms with Crippen LogP contribution < -0.4 is 0 Å². The first kappa shape index (κ1) is 9.32. The van der Waals surface area contributed by atoms with E-state index in [1.807, 2.05) is 13.0 Å². The molecule has 0 spiro atoms. The molecule has 1 aromatic heterocycles. The van der Waals surface area contributed by atoms with E-state index in [-0.39, 0.29) is 0 Å². The van der Waals surface area contributed by atoms with Crippen LogP contribution in [0.2, 0.25) is 0 Å². The summed E-state index contributed by atoms with van der Waals surface area (Å²) in [7, 11) is 0. The van der Waals surface area contributed by atoms with Crippen LogP contribution in [0.1, 0.15) is 30.8 Å². The Labute approximate surface area is 85.1 Å². The minimum Gasteiger partial charge on any atom is -0.466 e. The molecule has 0 saturated heterocycles. The summed E-state index contributed by atoms with van der Waals surface area (Å²) < 4.78 is 5.51. The Bertz CT molecular complexity index is 355. The highest BCUT2D eigenvalue weighted by Gasteiger charge is 2.00. The second-order valence-electron chi connectivity index (χ2n) is 3.79. The van der Waals surface area contributed by atoms with Crippen molar-refractivity contribution in [1.82, 2.24) is 0 Å². The van der Waals surface area contributed by atoms with Crippen molar-refractivity contribution >= 4 is 0 Å². The molecule has 0 amide bonds. The number of allylic oxidation sites excluding steroid dienone is 4. The molecular formula is C13H16O. The first-order chi connectivity index (χ1) is 6.84. The van der Waals surface area contributed by atoms with Gasteiger partial charge in [-0.3, -0.25) is 0 Å². The van der Waals surface area contributed by atoms with Crippen LogP contribution in [0.25, 0.3) is 0 Å². The van der Waals surface area contributed by atoms with E-state index < -0.39 is 0 Å². The number of rotatable bonds is 2. The van der Waals surface area contributed by atoms with Gasteiger partial charge in [0, 0.05) is 6.42 Å². The average Bonchev–Trinajstić information content (AvgIpc) is 2.63. The lowest BCUT2D eigenvalue weighted by atomic mass is 10.0. The van der Waals surface area contributed by atoms with Crippen molar-refractivity contribution in [3.8, 4) is 0 Å². The summed E-state index contributed by atoms with van der Waals surface area (Å²) in [5.74, 6) is 2.06. The van der Waals surface area contributed by atoms with Gasteiger partial charge in [0.25, 0.3) is 0 Å². The van der Waals surface area contributed by atoms with Gasteiger partial charge < -0.3 is 4.42 Å². The number of hydrogen-bond acceptors (Lipinski definition) is 1. The maximum Gasteiger partial charge on any atom is 0.107 e. The highest BCUT2D eigenvalue weighted by molar-refractivity contribution is 5.23. The summed E-state index contributed by atoms with van der Waals surface area (Å²) in [5, 5.41) is 0. The third-order valence-corrected chi connectivity index (χ3v) is 2.53. The van der Waals surface area contributed by atoms with Gasteiger partial charge in [-0.1, -0.05) is 23.8 Å². The van der Waals surface area contributed by atoms with E-state index in [1.54, 1.807) is 0 Å². The molecule has 1 heterocycles. The second-order valence-corrected chi connectivity index (χ2v) is 3.79. The molecule has 0 saturated carbocycles. The van der Waals surface area contributed by atoms with E-state index in [0.717, 1.165) is 17.9 Å². The predicted octanol–water partition coefficient (Wildman–Crippen LogP) is 3.80. The molecule has 0 radical (unpaired) electrons. The van der Waals surface area contributed by atoms with Gasteiger partial charge in [0.15, 0.2) is 0 Å². The lowest BCUT2D eigenvalue weighted by Crippen LogP contribution is -1.87. The molecule has 2 rings (SSSR count). The first-order valence-electron chi connectivity index (χ1n) is 5.25. The fourth-order valence-electron chi connectivity index (χ4n) is 1.74. The molecule has 0 bridgehead atoms. The summed E-state index contributed by atoms with van der Waals surface area (Å²) >= 11 is 0. The van der Waals surface area contributed by atoms with E-state index in [9.17, 15) is 0 Å². The fourth-order valence-corrected chi connectivity index (χ4v) is 1.74. The quantitative estimate of drug-likeness (QED) is 0.688. The molecule has 74 valence electrons. The molecule has 0 aromatic carbocycles. The zero-order valence-electron chi connectivity index (χ0n) is 8.62. The van der Waals surface area contributed by atoms with Crippen molar-refractivity contribution in [2.75, 3.05) is 0 Å². The standard InChI is InChI=1S/C13H16O/c1-11-7-9-13(14-11)10-8-12-5-3-2-4-6-12/h3,5,7-9H,2,4,6,10H2,1H3/b12-8-. The van der Waals surface area contributed by atoms with Gasteiger partial charge >= 0.3 is 0 Å². The largest absolute Gasteiger partial charge is 0.466 e. The second kappa shape index (κ2) is 4.32. The van der Waals surface area contributed by atoms with Gasteiger partial charge in [-0.2, -0.15) is 0 Å². The van der Waals surface area contributed by atoms with Crippen molar-refractivity contribution < 1.29 is 4.42 Å². The summed E-state index contributed by atoms with van der Waals surface area (Å²) in [4.78, 5) is 0. The summed E-state index contributed by atoms with van der Waals surface area (Å²) in [6, 6.07) is 4.07. The predicted molar refractivity (Wildman–Crippen MR) is 58.2 cm³/mol. The van der Waals surface area contributed by atoms with Gasteiger partial charge in [0.05, 0.1) is 0 Å². The fraction of sp³-hybridized carbons (Fsp3) is 0.385. The zero-order valence-corrected chi connectivity index (χ0v) is 8.62. The van der Waals surface area contributed by atoms with E-state index in [0.29, 0.717) is 0 Å². The van der Waals surface area contributed by atoms with Crippen molar-refractivity contribution in [3.63, 3.8) is 0 Å². The average molecular weight is 188 g/mol. The Morgan fingerprint density at radius 1 is 1.43 bits per heavy atom. The summed E-state index contributed by atoms with van der Waals surface area (Å²) in [6.45, 7) is 1.98. The minimum absolute atomic E-state index is 0.924. The van der Waals surface area contributed by atoms with Crippen LogP contribution >= 0.6 is 0 Å². The molecule has 0 unspecified atom stereocenters. The maximum atomic E-state index is 5.51. The molecular weight excluding hydrogens is 172 g/mol. The lowest BCUT2D eigenvalue weighted by Gasteiger charge is -2.05. The SMILES string of the molecule is Cc1ccc(C/C=C2/C=CCCC2)o1. The highest BCUT2D eigenvalue weighted by atomic mass is 16.3. The lowest BCUT2D eigenvalue weighted by molar-refractivity contribution is 0.494. The van der Waals surface area contributed by atoms with Crippen LogP contribution in [0.5, 0.6) is 0 Å². The molecule has 14 heavy (non-hydrogen) atoms. The summed E-state index contributed by atoms with van der Waals surface area (Å²) in [5.41, 5.74) is 1.45. The highest BCUT2D eigenvalue weighted by Crippen LogP contribution is 2.17. The molecule has 0 atom stereocenters. The van der Waals surface area contributed by atoms with Crippen LogP contribution in [-0.4, -0.2) is 0 Å². The molecule has 0 N–H and O–H groups in total. The van der Waals surface area contributed by atoms with Crippen molar-refractivity contribution in [3.05, 3.63) is 47.5 Å². The Balaban J connectivity index is 1.98. The molecule has 1 aliphatic rings.